The maximum absolute atomic E-state index is 15.6. The van der Waals surface area contributed by atoms with E-state index in [1.54, 1.807) is 25.3 Å². The van der Waals surface area contributed by atoms with Gasteiger partial charge in [-0.2, -0.15) is 0 Å². The van der Waals surface area contributed by atoms with Gasteiger partial charge in [0, 0.05) is 35.9 Å². The number of nitrogens with zero attached hydrogens (tertiary/aromatic N) is 3. The molecule has 2 N–H and O–H groups in total. The summed E-state index contributed by atoms with van der Waals surface area (Å²) in [4.78, 5) is 33.5. The van der Waals surface area contributed by atoms with E-state index in [1.165, 1.54) is 47.5 Å². The Morgan fingerprint density at radius 1 is 0.909 bits per heavy atom. The Balaban J connectivity index is 1.45. The summed E-state index contributed by atoms with van der Waals surface area (Å²) >= 11 is 0. The van der Waals surface area contributed by atoms with Crippen LogP contribution >= 0.6 is 0 Å². The standard InChI is InChI=1S/C33H34F2N4O5/c1-4-38(5-2)16-17-43-30-19-24-26(20-29(30)42-3)37-15-12-27(24)44-28-11-10-23(18-25(28)35)39(22-8-6-21(34)7-9-22)32(41)33(13-14-33)31(36)40/h6-12,15,18-20H,4-5,13-14,16-17H2,1-3H3,(H2,36,40). The van der Waals surface area contributed by atoms with Crippen molar-refractivity contribution in [2.24, 2.45) is 11.1 Å². The third kappa shape index (κ3) is 6.14. The van der Waals surface area contributed by atoms with Crippen molar-refractivity contribution < 1.29 is 32.6 Å². The van der Waals surface area contributed by atoms with Gasteiger partial charge in [0.2, 0.25) is 11.8 Å². The Kier molecular flexibility index (Phi) is 8.96. The number of ether oxygens (including phenoxy) is 3. The minimum absolute atomic E-state index is 0.108. The van der Waals surface area contributed by atoms with Gasteiger partial charge in [0.1, 0.15) is 23.6 Å². The number of primary amides is 1. The summed E-state index contributed by atoms with van der Waals surface area (Å²) in [5.41, 5.74) is 5.12. The summed E-state index contributed by atoms with van der Waals surface area (Å²) in [5.74, 6) is -1.41. The predicted octanol–water partition coefficient (Wildman–Crippen LogP) is 5.96. The van der Waals surface area contributed by atoms with Crippen molar-refractivity contribution >= 4 is 34.1 Å². The van der Waals surface area contributed by atoms with E-state index in [1.807, 2.05) is 0 Å². The van der Waals surface area contributed by atoms with Gasteiger partial charge in [0.25, 0.3) is 0 Å². The summed E-state index contributed by atoms with van der Waals surface area (Å²) in [6.45, 7) is 7.16. The Bertz CT molecular complexity index is 1670. The van der Waals surface area contributed by atoms with E-state index < -0.39 is 28.9 Å². The number of fused-ring (bicyclic) bond motifs is 1. The molecule has 1 aromatic heterocycles. The van der Waals surface area contributed by atoms with Crippen LogP contribution in [0.3, 0.4) is 0 Å². The minimum Gasteiger partial charge on any atom is -0.493 e. The fourth-order valence-electron chi connectivity index (χ4n) is 5.02. The largest absolute Gasteiger partial charge is 0.493 e. The van der Waals surface area contributed by atoms with E-state index >= 15 is 4.39 Å². The predicted molar refractivity (Wildman–Crippen MR) is 162 cm³/mol. The van der Waals surface area contributed by atoms with Gasteiger partial charge >= 0.3 is 0 Å². The first kappa shape index (κ1) is 30.7. The molecule has 0 spiro atoms. The molecule has 44 heavy (non-hydrogen) atoms. The molecule has 0 unspecified atom stereocenters. The SMILES string of the molecule is CCN(CC)CCOc1cc2c(Oc3ccc(N(C(=O)C4(C(N)=O)CC4)c4ccc(F)cc4)cc3F)ccnc2cc1OC. The van der Waals surface area contributed by atoms with E-state index in [-0.39, 0.29) is 30.0 Å². The third-order valence-electron chi connectivity index (χ3n) is 7.86. The molecule has 9 nitrogen and oxygen atoms in total. The summed E-state index contributed by atoms with van der Waals surface area (Å²) < 4.78 is 46.9. The van der Waals surface area contributed by atoms with Gasteiger partial charge in [-0.25, -0.2) is 8.78 Å². The average Bonchev–Trinajstić information content (AvgIpc) is 3.84. The summed E-state index contributed by atoms with van der Waals surface area (Å²) in [5, 5.41) is 0.579. The van der Waals surface area contributed by atoms with Gasteiger partial charge < -0.3 is 24.8 Å². The van der Waals surface area contributed by atoms with Crippen LogP contribution in [0.4, 0.5) is 20.2 Å². The van der Waals surface area contributed by atoms with Crippen LogP contribution < -0.4 is 24.8 Å². The monoisotopic (exact) mass is 604 g/mol. The molecule has 4 aromatic rings. The number of nitrogens with two attached hydrogens (primary N) is 1. The number of methoxy groups -OCH3 is 1. The maximum Gasteiger partial charge on any atom is 0.247 e. The number of anilines is 2. The van der Waals surface area contributed by atoms with Crippen LogP contribution in [-0.4, -0.2) is 55.0 Å². The number of aromatic nitrogens is 1. The van der Waals surface area contributed by atoms with Crippen molar-refractivity contribution in [3.8, 4) is 23.0 Å². The van der Waals surface area contributed by atoms with Gasteiger partial charge in [-0.3, -0.25) is 19.5 Å². The molecule has 0 bridgehead atoms. The van der Waals surface area contributed by atoms with Crippen molar-refractivity contribution in [1.29, 1.82) is 0 Å². The zero-order valence-electron chi connectivity index (χ0n) is 24.8. The van der Waals surface area contributed by atoms with Crippen LogP contribution in [0.25, 0.3) is 10.9 Å². The molecule has 1 heterocycles. The lowest BCUT2D eigenvalue weighted by atomic mass is 10.0. The fourth-order valence-corrected chi connectivity index (χ4v) is 5.02. The molecule has 0 saturated heterocycles. The van der Waals surface area contributed by atoms with Crippen LogP contribution in [-0.2, 0) is 9.59 Å². The normalized spacial score (nSPS) is 13.5. The smallest absolute Gasteiger partial charge is 0.247 e. The maximum atomic E-state index is 15.6. The quantitative estimate of drug-likeness (QED) is 0.188. The van der Waals surface area contributed by atoms with Gasteiger partial charge in [-0.1, -0.05) is 13.8 Å². The molecule has 11 heteroatoms. The number of hydrogen-bond acceptors (Lipinski definition) is 7. The van der Waals surface area contributed by atoms with Crippen LogP contribution in [0, 0.1) is 17.0 Å². The number of carbonyl (C=O) groups excluding carboxylic acids is 2. The van der Waals surface area contributed by atoms with Crippen LogP contribution in [0.15, 0.2) is 66.9 Å². The number of hydrogen-bond donors (Lipinski definition) is 1. The topological polar surface area (TPSA) is 107 Å². The summed E-state index contributed by atoms with van der Waals surface area (Å²) in [7, 11) is 1.55. The average molecular weight is 605 g/mol. The van der Waals surface area contributed by atoms with Gasteiger partial charge in [0.15, 0.2) is 23.1 Å². The Morgan fingerprint density at radius 2 is 1.61 bits per heavy atom. The molecule has 0 radical (unpaired) electrons. The third-order valence-corrected chi connectivity index (χ3v) is 7.86. The van der Waals surface area contributed by atoms with Crippen LogP contribution in [0.2, 0.25) is 0 Å². The van der Waals surface area contributed by atoms with Crippen molar-refractivity contribution in [2.45, 2.75) is 26.7 Å². The molecule has 230 valence electrons. The molecule has 1 aliphatic rings. The van der Waals surface area contributed by atoms with Crippen molar-refractivity contribution in [3.05, 3.63) is 78.5 Å². The lowest BCUT2D eigenvalue weighted by Gasteiger charge is -2.26. The number of rotatable bonds is 13. The Hall–Kier alpha value is -4.77. The summed E-state index contributed by atoms with van der Waals surface area (Å²) in [6.07, 6.45) is 2.10. The highest BCUT2D eigenvalue weighted by Gasteiger charge is 2.57. The Morgan fingerprint density at radius 3 is 2.23 bits per heavy atom. The second kappa shape index (κ2) is 12.8. The van der Waals surface area contributed by atoms with Crippen LogP contribution in [0.1, 0.15) is 26.7 Å². The minimum atomic E-state index is -1.39. The lowest BCUT2D eigenvalue weighted by Crippen LogP contribution is -2.41. The highest BCUT2D eigenvalue weighted by Crippen LogP contribution is 2.49. The molecular weight excluding hydrogens is 570 g/mol. The molecule has 3 aromatic carbocycles. The zero-order valence-corrected chi connectivity index (χ0v) is 24.8. The second-order valence-electron chi connectivity index (χ2n) is 10.5. The number of carbonyl (C=O) groups is 2. The number of pyridine rings is 1. The highest BCUT2D eigenvalue weighted by molar-refractivity contribution is 6.16. The lowest BCUT2D eigenvalue weighted by molar-refractivity contribution is -0.133. The number of halogens is 2. The van der Waals surface area contributed by atoms with Gasteiger partial charge in [0.05, 0.1) is 18.3 Å². The molecule has 0 aliphatic heterocycles. The van der Waals surface area contributed by atoms with E-state index in [0.717, 1.165) is 25.7 Å². The van der Waals surface area contributed by atoms with E-state index in [4.69, 9.17) is 19.9 Å². The Labute approximate surface area is 254 Å². The van der Waals surface area contributed by atoms with E-state index in [9.17, 15) is 14.0 Å². The molecular formula is C33H34F2N4O5. The van der Waals surface area contributed by atoms with Gasteiger partial charge in [-0.05, 0) is 74.5 Å². The number of benzene rings is 3. The second-order valence-corrected chi connectivity index (χ2v) is 10.5. The van der Waals surface area contributed by atoms with Crippen molar-refractivity contribution in [2.75, 3.05) is 38.3 Å². The number of likely N-dealkylation sites (N-methyl/N-ethyl adjacent to an activating group) is 1. The van der Waals surface area contributed by atoms with Gasteiger partial charge in [-0.15, -0.1) is 0 Å². The zero-order chi connectivity index (χ0) is 31.4. The van der Waals surface area contributed by atoms with Crippen LogP contribution in [0.5, 0.6) is 23.0 Å². The molecule has 1 fully saturated rings. The molecule has 0 atom stereocenters. The van der Waals surface area contributed by atoms with Crippen molar-refractivity contribution in [3.63, 3.8) is 0 Å². The first-order valence-corrected chi connectivity index (χ1v) is 14.4. The first-order valence-electron chi connectivity index (χ1n) is 14.4. The molecule has 1 saturated carbocycles. The first-order chi connectivity index (χ1) is 21.2. The van der Waals surface area contributed by atoms with Crippen molar-refractivity contribution in [1.82, 2.24) is 9.88 Å². The summed E-state index contributed by atoms with van der Waals surface area (Å²) in [6, 6.07) is 14.2. The fraction of sp³-hybridized carbons (Fsp3) is 0.303. The van der Waals surface area contributed by atoms with E-state index in [0.29, 0.717) is 34.8 Å². The molecule has 5 rings (SSSR count). The molecule has 1 aliphatic carbocycles. The van der Waals surface area contributed by atoms with E-state index in [2.05, 4.69) is 23.7 Å². The highest BCUT2D eigenvalue weighted by atomic mass is 19.1. The number of amides is 2. The molecule has 2 amide bonds.